The molecule has 104 valence electrons. The molecule has 0 saturated heterocycles. The first-order chi connectivity index (χ1) is 7.97. The molecule has 0 fully saturated rings. The van der Waals surface area contributed by atoms with Gasteiger partial charge in [-0.05, 0) is 27.7 Å². The zero-order valence-electron chi connectivity index (χ0n) is 10.8. The van der Waals surface area contributed by atoms with Crippen LogP contribution in [0.3, 0.4) is 0 Å². The van der Waals surface area contributed by atoms with Crippen LogP contribution in [0.1, 0.15) is 27.7 Å². The summed E-state index contributed by atoms with van der Waals surface area (Å²) >= 11 is 0. The molecule has 17 heavy (non-hydrogen) atoms. The van der Waals surface area contributed by atoms with Crippen LogP contribution < -0.4 is 0 Å². The lowest BCUT2D eigenvalue weighted by Crippen LogP contribution is -2.49. The Labute approximate surface area is 105 Å². The Morgan fingerprint density at radius 1 is 0.824 bits per heavy atom. The second kappa shape index (κ2) is 12.1. The van der Waals surface area contributed by atoms with Crippen LogP contribution in [-0.4, -0.2) is 54.2 Å². The Morgan fingerprint density at radius 2 is 1.00 bits per heavy atom. The lowest BCUT2D eigenvalue weighted by molar-refractivity contribution is -0.0247. The summed E-state index contributed by atoms with van der Waals surface area (Å²) in [6.45, 7) is 9.80. The van der Waals surface area contributed by atoms with Crippen molar-refractivity contribution in [1.29, 1.82) is 0 Å². The summed E-state index contributed by atoms with van der Waals surface area (Å²) in [6, 6.07) is 0. The molecule has 0 bridgehead atoms. The van der Waals surface area contributed by atoms with Crippen molar-refractivity contribution >= 4 is 18.2 Å². The Morgan fingerprint density at radius 3 is 1.12 bits per heavy atom. The SMILES string of the molecule is CCO[Si](OCC)(OCC)OCC.O=[Si](O)O. The lowest BCUT2D eigenvalue weighted by Gasteiger charge is -2.26. The molecule has 0 heterocycles. The molecule has 0 atom stereocenters. The zero-order chi connectivity index (χ0) is 13.7. The third-order valence-electron chi connectivity index (χ3n) is 1.28. The molecule has 0 rings (SSSR count). The van der Waals surface area contributed by atoms with E-state index in [1.165, 1.54) is 0 Å². The molecule has 0 aromatic heterocycles. The topological polar surface area (TPSA) is 94.5 Å². The van der Waals surface area contributed by atoms with Gasteiger partial charge in [0.25, 0.3) is 0 Å². The lowest BCUT2D eigenvalue weighted by atomic mass is 10.9. The fourth-order valence-electron chi connectivity index (χ4n) is 0.957. The van der Waals surface area contributed by atoms with E-state index in [1.807, 2.05) is 27.7 Å². The largest absolute Gasteiger partial charge is 0.761 e. The van der Waals surface area contributed by atoms with E-state index in [2.05, 4.69) is 0 Å². The molecule has 0 aliphatic heterocycles. The van der Waals surface area contributed by atoms with Gasteiger partial charge in [-0.1, -0.05) is 0 Å². The van der Waals surface area contributed by atoms with Gasteiger partial charge in [0.2, 0.25) is 0 Å². The van der Waals surface area contributed by atoms with Crippen molar-refractivity contribution in [2.75, 3.05) is 26.4 Å². The summed E-state index contributed by atoms with van der Waals surface area (Å²) < 4.78 is 30.4. The standard InChI is InChI=1S/C8H20O4Si.H2O3Si/c1-5-9-13(10-6-2,11-7-3)12-8-4;1-4(2)3/h5-8H2,1-4H3;1-2H. The van der Waals surface area contributed by atoms with Crippen molar-refractivity contribution < 1.29 is 31.8 Å². The predicted molar refractivity (Wildman–Crippen MR) is 63.1 cm³/mol. The quantitative estimate of drug-likeness (QED) is 0.604. The van der Waals surface area contributed by atoms with Gasteiger partial charge in [0.1, 0.15) is 0 Å². The van der Waals surface area contributed by atoms with Crippen LogP contribution in [0.15, 0.2) is 0 Å². The Kier molecular flexibility index (Phi) is 13.6. The molecule has 7 nitrogen and oxygen atoms in total. The van der Waals surface area contributed by atoms with E-state index in [1.54, 1.807) is 0 Å². The molecule has 0 aromatic rings. The van der Waals surface area contributed by atoms with Crippen molar-refractivity contribution in [3.8, 4) is 0 Å². The summed E-state index contributed by atoms with van der Waals surface area (Å²) in [5.41, 5.74) is 0. The van der Waals surface area contributed by atoms with Gasteiger partial charge in [0.15, 0.2) is 0 Å². The van der Waals surface area contributed by atoms with Crippen molar-refractivity contribution in [1.82, 2.24) is 0 Å². The first-order valence-corrected chi connectivity index (χ1v) is 8.39. The summed E-state index contributed by atoms with van der Waals surface area (Å²) in [4.78, 5) is 14.3. The van der Waals surface area contributed by atoms with Gasteiger partial charge >= 0.3 is 18.2 Å². The van der Waals surface area contributed by atoms with Crippen LogP contribution >= 0.6 is 0 Å². The second-order valence-electron chi connectivity index (χ2n) is 2.51. The maximum Gasteiger partial charge on any atom is 0.761 e. The third kappa shape index (κ3) is 11.9. The summed E-state index contributed by atoms with van der Waals surface area (Å²) in [5, 5.41) is 0. The zero-order valence-corrected chi connectivity index (χ0v) is 12.8. The fraction of sp³-hybridized carbons (Fsp3) is 1.00. The average Bonchev–Trinajstić information content (AvgIpc) is 2.18. The highest BCUT2D eigenvalue weighted by molar-refractivity contribution is 6.53. The molecule has 0 unspecified atom stereocenters. The maximum atomic E-state index is 8.74. The Bertz CT molecular complexity index is 157. The van der Waals surface area contributed by atoms with Gasteiger partial charge in [-0.2, -0.15) is 0 Å². The highest BCUT2D eigenvalue weighted by Crippen LogP contribution is 2.11. The van der Waals surface area contributed by atoms with Gasteiger partial charge in [0.05, 0.1) is 0 Å². The van der Waals surface area contributed by atoms with Crippen molar-refractivity contribution in [3.63, 3.8) is 0 Å². The van der Waals surface area contributed by atoms with Gasteiger partial charge in [-0.25, -0.2) is 0 Å². The molecule has 0 aliphatic rings. The summed E-state index contributed by atoms with van der Waals surface area (Å²) in [5.74, 6) is 0. The predicted octanol–water partition coefficient (Wildman–Crippen LogP) is -0.0456. The molecule has 0 aliphatic carbocycles. The molecule has 0 saturated carbocycles. The van der Waals surface area contributed by atoms with Gasteiger partial charge in [-0.3, -0.25) is 4.46 Å². The van der Waals surface area contributed by atoms with Crippen molar-refractivity contribution in [3.05, 3.63) is 0 Å². The van der Waals surface area contributed by atoms with Crippen LogP contribution in [0.25, 0.3) is 0 Å². The van der Waals surface area contributed by atoms with E-state index in [9.17, 15) is 0 Å². The number of hydrogen-bond acceptors (Lipinski definition) is 5. The summed E-state index contributed by atoms with van der Waals surface area (Å²) in [7, 11) is -5.93. The van der Waals surface area contributed by atoms with Crippen molar-refractivity contribution in [2.24, 2.45) is 0 Å². The van der Waals surface area contributed by atoms with Crippen LogP contribution in [0.5, 0.6) is 0 Å². The Balaban J connectivity index is 0. The van der Waals surface area contributed by atoms with E-state index < -0.39 is 18.2 Å². The van der Waals surface area contributed by atoms with Gasteiger partial charge in [-0.15, -0.1) is 0 Å². The third-order valence-corrected chi connectivity index (χ3v) is 3.85. The van der Waals surface area contributed by atoms with Crippen LogP contribution in [0.4, 0.5) is 0 Å². The molecular weight excluding hydrogens is 264 g/mol. The first kappa shape index (κ1) is 19.0. The van der Waals surface area contributed by atoms with E-state index in [4.69, 9.17) is 31.8 Å². The molecule has 0 aromatic carbocycles. The first-order valence-electron chi connectivity index (χ1n) is 5.45. The van der Waals surface area contributed by atoms with E-state index in [0.29, 0.717) is 26.4 Å². The minimum absolute atomic E-state index is 0.548. The van der Waals surface area contributed by atoms with Crippen LogP contribution in [0.2, 0.25) is 0 Å². The van der Waals surface area contributed by atoms with Crippen molar-refractivity contribution in [2.45, 2.75) is 27.7 Å². The molecule has 0 radical (unpaired) electrons. The highest BCUT2D eigenvalue weighted by atomic mass is 28.4. The summed E-state index contributed by atoms with van der Waals surface area (Å²) in [6.07, 6.45) is 0. The monoisotopic (exact) mass is 286 g/mol. The second-order valence-corrected chi connectivity index (χ2v) is 5.23. The average molecular weight is 286 g/mol. The van der Waals surface area contributed by atoms with E-state index >= 15 is 0 Å². The van der Waals surface area contributed by atoms with Crippen LogP contribution in [0, 0.1) is 0 Å². The number of rotatable bonds is 8. The molecular formula is C8H22O7Si2. The van der Waals surface area contributed by atoms with E-state index in [0.717, 1.165) is 0 Å². The molecule has 2 N–H and O–H groups in total. The fourth-order valence-corrected chi connectivity index (χ4v) is 2.87. The van der Waals surface area contributed by atoms with Gasteiger partial charge in [0, 0.05) is 26.4 Å². The maximum absolute atomic E-state index is 8.74. The highest BCUT2D eigenvalue weighted by Gasteiger charge is 2.44. The smallest absolute Gasteiger partial charge is 0.511 e. The number of hydrogen-bond donors (Lipinski definition) is 2. The Hall–Kier alpha value is -0.326. The molecule has 0 amide bonds. The minimum atomic E-state index is -3.13. The molecule has 0 spiro atoms. The molecule has 9 heteroatoms. The van der Waals surface area contributed by atoms with Crippen LogP contribution in [-0.2, 0) is 22.2 Å². The normalized spacial score (nSPS) is 10.6. The van der Waals surface area contributed by atoms with Gasteiger partial charge < -0.3 is 27.3 Å². The minimum Gasteiger partial charge on any atom is -0.511 e. The van der Waals surface area contributed by atoms with E-state index in [-0.39, 0.29) is 0 Å².